The Labute approximate surface area is 115 Å². The summed E-state index contributed by atoms with van der Waals surface area (Å²) < 4.78 is -0.665. The fourth-order valence-electron chi connectivity index (χ4n) is 0.878. The molecule has 7 heteroatoms. The molecule has 0 aliphatic carbocycles. The molecule has 0 heterocycles. The van der Waals surface area contributed by atoms with Crippen LogP contribution in [0.2, 0.25) is 0 Å². The summed E-state index contributed by atoms with van der Waals surface area (Å²) in [6.45, 7) is 5.37. The Balaban J connectivity index is 0. The summed E-state index contributed by atoms with van der Waals surface area (Å²) in [5, 5.41) is 2.04. The van der Waals surface area contributed by atoms with Crippen molar-refractivity contribution in [3.05, 3.63) is 0 Å². The van der Waals surface area contributed by atoms with E-state index in [1.165, 1.54) is 0 Å². The lowest BCUT2D eigenvalue weighted by atomic mass is 10.0. The zero-order valence-corrected chi connectivity index (χ0v) is 12.4. The average molecular weight is 323 g/mol. The van der Waals surface area contributed by atoms with Crippen LogP contribution in [-0.4, -0.2) is 28.3 Å². The van der Waals surface area contributed by atoms with Crippen LogP contribution in [0.3, 0.4) is 0 Å². The molecule has 104 valence electrons. The molecule has 6 nitrogen and oxygen atoms in total. The SMILES string of the molecule is CCC(=O)C=O.CCC(Br)(CC)C(=O)NC(N)=O. The van der Waals surface area contributed by atoms with E-state index in [2.05, 4.69) is 15.9 Å². The molecule has 0 aliphatic heterocycles. The van der Waals surface area contributed by atoms with Crippen LogP contribution in [0.15, 0.2) is 0 Å². The predicted molar refractivity (Wildman–Crippen MR) is 71.3 cm³/mol. The zero-order chi connectivity index (χ0) is 14.8. The standard InChI is InChI=1S/C7H13BrN2O2.C4H6O2/c1-3-7(8,4-2)5(11)10-6(9)12;1-2-4(6)3-5/h3-4H2,1-2H3,(H3,9,10,11,12);3H,2H2,1H3. The minimum atomic E-state index is -0.814. The van der Waals surface area contributed by atoms with Gasteiger partial charge in [-0.15, -0.1) is 0 Å². The van der Waals surface area contributed by atoms with Gasteiger partial charge in [-0.1, -0.05) is 36.7 Å². The van der Waals surface area contributed by atoms with Gasteiger partial charge < -0.3 is 5.73 Å². The van der Waals surface area contributed by atoms with E-state index in [9.17, 15) is 19.2 Å². The predicted octanol–water partition coefficient (Wildman–Crippen LogP) is 1.30. The number of rotatable bonds is 5. The molecule has 0 radical (unpaired) electrons. The van der Waals surface area contributed by atoms with E-state index in [4.69, 9.17) is 5.73 Å². The fraction of sp³-hybridized carbons (Fsp3) is 0.636. The van der Waals surface area contributed by atoms with Crippen LogP contribution in [0.5, 0.6) is 0 Å². The number of urea groups is 1. The van der Waals surface area contributed by atoms with Crippen LogP contribution in [0.25, 0.3) is 0 Å². The largest absolute Gasteiger partial charge is 0.351 e. The van der Waals surface area contributed by atoms with Crippen molar-refractivity contribution in [2.75, 3.05) is 0 Å². The quantitative estimate of drug-likeness (QED) is 0.452. The third-order valence-electron chi connectivity index (χ3n) is 2.24. The Kier molecular flexibility index (Phi) is 10.4. The number of carbonyl (C=O) groups excluding carboxylic acids is 4. The second kappa shape index (κ2) is 9.76. The number of nitrogens with one attached hydrogen (secondary N) is 1. The number of nitrogens with two attached hydrogens (primary N) is 1. The minimum Gasteiger partial charge on any atom is -0.351 e. The molecule has 0 unspecified atom stereocenters. The second-order valence-corrected chi connectivity index (χ2v) is 4.95. The molecule has 3 amide bonds. The molecule has 0 aromatic carbocycles. The Hall–Kier alpha value is -1.24. The van der Waals surface area contributed by atoms with Gasteiger partial charge in [-0.05, 0) is 12.8 Å². The van der Waals surface area contributed by atoms with Gasteiger partial charge in [0.1, 0.15) is 4.32 Å². The number of ketones is 1. The number of carbonyl (C=O) groups is 4. The lowest BCUT2D eigenvalue weighted by molar-refractivity contribution is -0.129. The van der Waals surface area contributed by atoms with E-state index < -0.39 is 10.4 Å². The molecule has 0 saturated heterocycles. The van der Waals surface area contributed by atoms with E-state index >= 15 is 0 Å². The first-order chi connectivity index (χ1) is 8.27. The molecule has 0 atom stereocenters. The summed E-state index contributed by atoms with van der Waals surface area (Å²) in [6, 6.07) is -0.814. The van der Waals surface area contributed by atoms with Crippen LogP contribution in [0, 0.1) is 0 Å². The first-order valence-electron chi connectivity index (χ1n) is 5.55. The highest BCUT2D eigenvalue weighted by molar-refractivity contribution is 9.10. The van der Waals surface area contributed by atoms with Crippen LogP contribution >= 0.6 is 15.9 Å². The lowest BCUT2D eigenvalue weighted by Gasteiger charge is -2.21. The van der Waals surface area contributed by atoms with Gasteiger partial charge in [-0.25, -0.2) is 4.79 Å². The van der Waals surface area contributed by atoms with Crippen molar-refractivity contribution < 1.29 is 19.2 Å². The van der Waals surface area contributed by atoms with Crippen molar-refractivity contribution >= 4 is 39.9 Å². The monoisotopic (exact) mass is 322 g/mol. The van der Waals surface area contributed by atoms with E-state index in [1.807, 2.05) is 19.2 Å². The first-order valence-corrected chi connectivity index (χ1v) is 6.34. The number of hydrogen-bond donors (Lipinski definition) is 2. The maximum Gasteiger partial charge on any atom is 0.318 e. The number of amides is 3. The van der Waals surface area contributed by atoms with Gasteiger partial charge in [-0.3, -0.25) is 19.7 Å². The summed E-state index contributed by atoms with van der Waals surface area (Å²) in [4.78, 5) is 40.8. The van der Waals surface area contributed by atoms with E-state index in [-0.39, 0.29) is 11.7 Å². The molecular formula is C11H19BrN2O4. The molecule has 0 rings (SSSR count). The van der Waals surface area contributed by atoms with Gasteiger partial charge in [0.05, 0.1) is 0 Å². The smallest absolute Gasteiger partial charge is 0.318 e. The molecule has 0 bridgehead atoms. The van der Waals surface area contributed by atoms with Gasteiger partial charge in [-0.2, -0.15) is 0 Å². The minimum absolute atomic E-state index is 0.323. The Morgan fingerprint density at radius 1 is 1.22 bits per heavy atom. The van der Waals surface area contributed by atoms with Crippen LogP contribution in [-0.2, 0) is 14.4 Å². The van der Waals surface area contributed by atoms with Crippen LogP contribution in [0.1, 0.15) is 40.0 Å². The maximum absolute atomic E-state index is 11.3. The third kappa shape index (κ3) is 7.94. The topological polar surface area (TPSA) is 106 Å². The Morgan fingerprint density at radius 3 is 1.83 bits per heavy atom. The number of imide groups is 1. The molecular weight excluding hydrogens is 304 g/mol. The molecule has 0 aromatic heterocycles. The van der Waals surface area contributed by atoms with E-state index in [0.29, 0.717) is 25.5 Å². The highest BCUT2D eigenvalue weighted by Crippen LogP contribution is 2.26. The molecule has 0 aromatic rings. The van der Waals surface area contributed by atoms with Crippen molar-refractivity contribution in [1.82, 2.24) is 5.32 Å². The van der Waals surface area contributed by atoms with Crippen molar-refractivity contribution in [1.29, 1.82) is 0 Å². The molecule has 3 N–H and O–H groups in total. The van der Waals surface area contributed by atoms with Crippen LogP contribution in [0.4, 0.5) is 4.79 Å². The average Bonchev–Trinajstić information content (AvgIpc) is 2.36. The van der Waals surface area contributed by atoms with Crippen molar-refractivity contribution in [2.24, 2.45) is 5.73 Å². The molecule has 0 fully saturated rings. The molecule has 0 spiro atoms. The number of halogens is 1. The number of primary amides is 1. The summed E-state index contributed by atoms with van der Waals surface area (Å²) >= 11 is 3.26. The van der Waals surface area contributed by atoms with Gasteiger partial charge in [0.15, 0.2) is 12.1 Å². The Morgan fingerprint density at radius 2 is 1.67 bits per heavy atom. The molecule has 18 heavy (non-hydrogen) atoms. The van der Waals surface area contributed by atoms with Gasteiger partial charge in [0.2, 0.25) is 5.91 Å². The number of aldehydes is 1. The highest BCUT2D eigenvalue weighted by Gasteiger charge is 2.32. The summed E-state index contributed by atoms with van der Waals surface area (Å²) in [7, 11) is 0. The Bertz CT molecular complexity index is 314. The van der Waals surface area contributed by atoms with E-state index in [1.54, 1.807) is 6.92 Å². The fourth-order valence-corrected chi connectivity index (χ4v) is 0.977. The van der Waals surface area contributed by atoms with Gasteiger partial charge >= 0.3 is 6.03 Å². The normalized spacial score (nSPS) is 9.78. The number of alkyl halides is 1. The second-order valence-electron chi connectivity index (χ2n) is 3.43. The van der Waals surface area contributed by atoms with E-state index in [0.717, 1.165) is 0 Å². The highest BCUT2D eigenvalue weighted by atomic mass is 79.9. The third-order valence-corrected chi connectivity index (χ3v) is 3.73. The van der Waals surface area contributed by atoms with Gasteiger partial charge in [0.25, 0.3) is 0 Å². The first kappa shape index (κ1) is 19.1. The van der Waals surface area contributed by atoms with Crippen molar-refractivity contribution in [3.8, 4) is 0 Å². The lowest BCUT2D eigenvalue weighted by Crippen LogP contribution is -2.46. The maximum atomic E-state index is 11.3. The van der Waals surface area contributed by atoms with Gasteiger partial charge in [0, 0.05) is 6.42 Å². The van der Waals surface area contributed by atoms with Crippen LogP contribution < -0.4 is 11.1 Å². The zero-order valence-electron chi connectivity index (χ0n) is 10.8. The molecule has 0 aliphatic rings. The summed E-state index contributed by atoms with van der Waals surface area (Å²) in [5.74, 6) is -0.713. The summed E-state index contributed by atoms with van der Waals surface area (Å²) in [6.07, 6.45) is 1.88. The summed E-state index contributed by atoms with van der Waals surface area (Å²) in [5.41, 5.74) is 4.81. The van der Waals surface area contributed by atoms with Crippen molar-refractivity contribution in [3.63, 3.8) is 0 Å². The number of Topliss-reactive ketones (excluding diaryl/α,β-unsaturated/α-hetero) is 1. The number of hydrogen-bond acceptors (Lipinski definition) is 4. The molecule has 0 saturated carbocycles. The van der Waals surface area contributed by atoms with Crippen molar-refractivity contribution in [2.45, 2.75) is 44.4 Å².